The number of aromatic nitrogens is 2. The number of carbonyl (C=O) groups is 1. The predicted octanol–water partition coefficient (Wildman–Crippen LogP) is 1.61. The Morgan fingerprint density at radius 1 is 1.40 bits per heavy atom. The van der Waals surface area contributed by atoms with Crippen LogP contribution in [0.15, 0.2) is 6.20 Å². The minimum Gasteiger partial charge on any atom is -0.374 e. The number of fused-ring (bicyclic) bond motifs is 5. The molecule has 0 spiro atoms. The highest BCUT2D eigenvalue weighted by Gasteiger charge is 2.53. The Hall–Kier alpha value is -1.36. The number of hydrogen-bond acceptors (Lipinski definition) is 3. The molecule has 1 aromatic heterocycles. The van der Waals surface area contributed by atoms with E-state index >= 15 is 0 Å². The molecule has 2 bridgehead atoms. The third kappa shape index (κ3) is 1.72. The van der Waals surface area contributed by atoms with Crippen LogP contribution in [0.5, 0.6) is 0 Å². The van der Waals surface area contributed by atoms with Crippen LogP contribution in [0, 0.1) is 11.8 Å². The highest BCUT2D eigenvalue weighted by atomic mass is 16.5. The van der Waals surface area contributed by atoms with Crippen molar-refractivity contribution in [2.45, 2.75) is 44.8 Å². The predicted molar refractivity (Wildman–Crippen MR) is 73.4 cm³/mol. The zero-order chi connectivity index (χ0) is 13.7. The molecule has 3 saturated heterocycles. The van der Waals surface area contributed by atoms with Gasteiger partial charge in [0.05, 0.1) is 24.0 Å². The number of nitrogens with one attached hydrogen (secondary N) is 1. The van der Waals surface area contributed by atoms with Crippen molar-refractivity contribution in [2.24, 2.45) is 11.8 Å². The van der Waals surface area contributed by atoms with Gasteiger partial charge in [0.15, 0.2) is 0 Å². The van der Waals surface area contributed by atoms with E-state index in [1.165, 1.54) is 12.8 Å². The van der Waals surface area contributed by atoms with Crippen molar-refractivity contribution in [2.75, 3.05) is 13.1 Å². The molecule has 0 unspecified atom stereocenters. The Morgan fingerprint density at radius 3 is 2.75 bits per heavy atom. The fraction of sp³-hybridized carbons (Fsp3) is 0.733. The molecular formula is C15H21N3O2. The van der Waals surface area contributed by atoms with Gasteiger partial charge in [-0.1, -0.05) is 13.3 Å². The van der Waals surface area contributed by atoms with E-state index in [-0.39, 0.29) is 5.91 Å². The third-order valence-electron chi connectivity index (χ3n) is 5.19. The molecule has 3 aliphatic heterocycles. The van der Waals surface area contributed by atoms with Gasteiger partial charge in [-0.3, -0.25) is 9.89 Å². The van der Waals surface area contributed by atoms with Gasteiger partial charge in [0.2, 0.25) is 0 Å². The number of ether oxygens (including phenoxy) is 1. The molecule has 1 N–H and O–H groups in total. The number of amides is 1. The molecule has 1 aromatic rings. The topological polar surface area (TPSA) is 58.2 Å². The molecule has 5 heteroatoms. The number of rotatable bonds is 3. The van der Waals surface area contributed by atoms with Gasteiger partial charge in [-0.25, -0.2) is 0 Å². The van der Waals surface area contributed by atoms with E-state index < -0.39 is 0 Å². The van der Waals surface area contributed by atoms with E-state index in [4.69, 9.17) is 4.74 Å². The van der Waals surface area contributed by atoms with Gasteiger partial charge in [0.25, 0.3) is 5.91 Å². The van der Waals surface area contributed by atoms with Crippen molar-refractivity contribution in [3.05, 3.63) is 17.5 Å². The summed E-state index contributed by atoms with van der Waals surface area (Å²) in [5.74, 6) is 1.29. The maximum Gasteiger partial charge on any atom is 0.257 e. The second kappa shape index (κ2) is 4.58. The first-order chi connectivity index (χ1) is 9.78. The van der Waals surface area contributed by atoms with Gasteiger partial charge < -0.3 is 9.64 Å². The minimum atomic E-state index is 0.149. The van der Waals surface area contributed by atoms with Crippen LogP contribution < -0.4 is 0 Å². The van der Waals surface area contributed by atoms with Gasteiger partial charge in [-0.15, -0.1) is 0 Å². The molecule has 0 saturated carbocycles. The molecule has 4 rings (SSSR count). The van der Waals surface area contributed by atoms with Crippen LogP contribution in [0.1, 0.15) is 42.2 Å². The van der Waals surface area contributed by atoms with Crippen molar-refractivity contribution >= 4 is 5.91 Å². The van der Waals surface area contributed by atoms with E-state index in [1.54, 1.807) is 6.20 Å². The summed E-state index contributed by atoms with van der Waals surface area (Å²) in [7, 11) is 0. The molecule has 4 heterocycles. The lowest BCUT2D eigenvalue weighted by atomic mass is 9.82. The number of aromatic amines is 1. The summed E-state index contributed by atoms with van der Waals surface area (Å²) in [6, 6.07) is 0. The van der Waals surface area contributed by atoms with Gasteiger partial charge in [-0.2, -0.15) is 5.10 Å². The summed E-state index contributed by atoms with van der Waals surface area (Å²) in [6.45, 7) is 3.84. The number of hydrogen-bond donors (Lipinski definition) is 1. The smallest absolute Gasteiger partial charge is 0.257 e. The van der Waals surface area contributed by atoms with E-state index in [0.29, 0.717) is 24.0 Å². The normalized spacial score (nSPS) is 34.8. The standard InChI is InChI=1S/C15H21N3O2/c1-2-3-12-9(6-16-17-12)15(19)18-7-10-11(8-18)14-5-4-13(10)20-14/h6,10-11,13-14H,2-5,7-8H2,1H3,(H,16,17)/t10-,11+,13+,14-. The summed E-state index contributed by atoms with van der Waals surface area (Å²) in [5, 5.41) is 7.02. The summed E-state index contributed by atoms with van der Waals surface area (Å²) >= 11 is 0. The summed E-state index contributed by atoms with van der Waals surface area (Å²) in [6.07, 6.45) is 6.76. The summed E-state index contributed by atoms with van der Waals surface area (Å²) < 4.78 is 5.96. The van der Waals surface area contributed by atoms with Crippen LogP contribution in [0.2, 0.25) is 0 Å². The molecule has 0 aromatic carbocycles. The zero-order valence-electron chi connectivity index (χ0n) is 11.8. The zero-order valence-corrected chi connectivity index (χ0v) is 11.8. The highest BCUT2D eigenvalue weighted by molar-refractivity contribution is 5.95. The Labute approximate surface area is 118 Å². The van der Waals surface area contributed by atoms with Crippen molar-refractivity contribution in [1.29, 1.82) is 0 Å². The average molecular weight is 275 g/mol. The molecule has 3 aliphatic rings. The Balaban J connectivity index is 1.51. The van der Waals surface area contributed by atoms with E-state index in [2.05, 4.69) is 17.1 Å². The monoisotopic (exact) mass is 275 g/mol. The Morgan fingerprint density at radius 2 is 2.10 bits per heavy atom. The third-order valence-corrected chi connectivity index (χ3v) is 5.19. The Bertz CT molecular complexity index is 509. The quantitative estimate of drug-likeness (QED) is 0.911. The highest BCUT2D eigenvalue weighted by Crippen LogP contribution is 2.47. The number of aryl methyl sites for hydroxylation is 1. The molecule has 1 amide bonds. The molecule has 5 nitrogen and oxygen atoms in total. The summed E-state index contributed by atoms with van der Waals surface area (Å²) in [5.41, 5.74) is 1.74. The van der Waals surface area contributed by atoms with Gasteiger partial charge in [0.1, 0.15) is 0 Å². The van der Waals surface area contributed by atoms with Crippen molar-refractivity contribution < 1.29 is 9.53 Å². The second-order valence-corrected chi connectivity index (χ2v) is 6.34. The Kier molecular flexibility index (Phi) is 2.84. The molecule has 20 heavy (non-hydrogen) atoms. The minimum absolute atomic E-state index is 0.149. The van der Waals surface area contributed by atoms with Crippen LogP contribution >= 0.6 is 0 Å². The molecular weight excluding hydrogens is 254 g/mol. The molecule has 3 fully saturated rings. The molecule has 0 aliphatic carbocycles. The first-order valence-corrected chi connectivity index (χ1v) is 7.75. The van der Waals surface area contributed by atoms with Gasteiger partial charge in [0, 0.05) is 30.6 Å². The molecule has 108 valence electrons. The maximum absolute atomic E-state index is 12.7. The first kappa shape index (κ1) is 12.4. The summed E-state index contributed by atoms with van der Waals surface area (Å²) in [4.78, 5) is 14.7. The lowest BCUT2D eigenvalue weighted by Gasteiger charge is -2.18. The number of H-pyrrole nitrogens is 1. The SMILES string of the molecule is CCCc1[nH]ncc1C(=O)N1C[C@@H]2[C@H](C1)[C@H]1CC[C@@H]2O1. The van der Waals surface area contributed by atoms with Gasteiger partial charge in [-0.05, 0) is 19.3 Å². The van der Waals surface area contributed by atoms with Crippen molar-refractivity contribution in [3.63, 3.8) is 0 Å². The number of carbonyl (C=O) groups excluding carboxylic acids is 1. The van der Waals surface area contributed by atoms with Gasteiger partial charge >= 0.3 is 0 Å². The van der Waals surface area contributed by atoms with Crippen LogP contribution in [0.25, 0.3) is 0 Å². The average Bonchev–Trinajstić information content (AvgIpc) is 3.19. The number of likely N-dealkylation sites (tertiary alicyclic amines) is 1. The van der Waals surface area contributed by atoms with E-state index in [9.17, 15) is 4.79 Å². The van der Waals surface area contributed by atoms with Crippen molar-refractivity contribution in [1.82, 2.24) is 15.1 Å². The fourth-order valence-electron chi connectivity index (χ4n) is 4.23. The largest absolute Gasteiger partial charge is 0.374 e. The maximum atomic E-state index is 12.7. The van der Waals surface area contributed by atoms with Crippen LogP contribution in [-0.2, 0) is 11.2 Å². The van der Waals surface area contributed by atoms with Crippen LogP contribution in [0.3, 0.4) is 0 Å². The second-order valence-electron chi connectivity index (χ2n) is 6.34. The van der Waals surface area contributed by atoms with Crippen LogP contribution in [-0.4, -0.2) is 46.3 Å². The fourth-order valence-corrected chi connectivity index (χ4v) is 4.23. The lowest BCUT2D eigenvalue weighted by Crippen LogP contribution is -2.31. The van der Waals surface area contributed by atoms with Crippen LogP contribution in [0.4, 0.5) is 0 Å². The first-order valence-electron chi connectivity index (χ1n) is 7.75. The van der Waals surface area contributed by atoms with Crippen molar-refractivity contribution in [3.8, 4) is 0 Å². The van der Waals surface area contributed by atoms with E-state index in [1.807, 2.05) is 4.90 Å². The number of nitrogens with zero attached hydrogens (tertiary/aromatic N) is 2. The molecule has 0 radical (unpaired) electrons. The van der Waals surface area contributed by atoms with E-state index in [0.717, 1.165) is 37.2 Å². The molecule has 4 atom stereocenters. The lowest BCUT2D eigenvalue weighted by molar-refractivity contribution is 0.0593.